The lowest BCUT2D eigenvalue weighted by Gasteiger charge is -2.32. The van der Waals surface area contributed by atoms with E-state index in [0.717, 1.165) is 0 Å². The highest BCUT2D eigenvalue weighted by molar-refractivity contribution is 7.59. The van der Waals surface area contributed by atoms with Crippen LogP contribution < -0.4 is 0 Å². The van der Waals surface area contributed by atoms with Gasteiger partial charge in [0.15, 0.2) is 0 Å². The predicted molar refractivity (Wildman–Crippen MR) is 85.0 cm³/mol. The molecule has 0 amide bonds. The summed E-state index contributed by atoms with van der Waals surface area (Å²) in [4.78, 5) is 4.66. The molecule has 1 saturated heterocycles. The molecule has 3 rings (SSSR count). The third-order valence-electron chi connectivity index (χ3n) is 4.12. The van der Waals surface area contributed by atoms with Gasteiger partial charge in [-0.25, -0.2) is 0 Å². The van der Waals surface area contributed by atoms with Crippen molar-refractivity contribution in [3.8, 4) is 0 Å². The van der Waals surface area contributed by atoms with E-state index in [1.807, 2.05) is 0 Å². The fourth-order valence-corrected chi connectivity index (χ4v) is 3.61. The van der Waals surface area contributed by atoms with E-state index in [1.54, 1.807) is 0 Å². The van der Waals surface area contributed by atoms with E-state index in [4.69, 9.17) is 12.6 Å². The van der Waals surface area contributed by atoms with E-state index in [2.05, 4.69) is 84.6 Å². The Morgan fingerprint density at radius 3 is 1.80 bits per heavy atom. The summed E-state index contributed by atoms with van der Waals surface area (Å²) in [6, 6.07) is 21.4. The fraction of sp³-hybridized carbons (Fsp3) is 0.294. The molecular weight excluding hydrogens is 264 g/mol. The van der Waals surface area contributed by atoms with Gasteiger partial charge in [0, 0.05) is 6.04 Å². The highest BCUT2D eigenvalue weighted by Gasteiger charge is 2.38. The standard InChI is InChI=1S/C17H20N2S/c1-18-15(13-9-5-3-6-10-13)17(20)19(2)16(18)14-11-7-4-8-12-14/h3-12,15-17,20H,1-2H3/p-1. The number of hydrogen-bond acceptors (Lipinski definition) is 3. The molecule has 0 radical (unpaired) electrons. The smallest absolute Gasteiger partial charge is 0.0871 e. The lowest BCUT2D eigenvalue weighted by atomic mass is 10.1. The third kappa shape index (κ3) is 2.26. The van der Waals surface area contributed by atoms with Crippen molar-refractivity contribution in [2.24, 2.45) is 0 Å². The van der Waals surface area contributed by atoms with Crippen LogP contribution >= 0.6 is 0 Å². The molecule has 0 aromatic heterocycles. The maximum absolute atomic E-state index is 5.77. The van der Waals surface area contributed by atoms with Gasteiger partial charge in [0.25, 0.3) is 0 Å². The summed E-state index contributed by atoms with van der Waals surface area (Å²) in [5, 5.41) is 0.0765. The van der Waals surface area contributed by atoms with Gasteiger partial charge in [-0.2, -0.15) is 0 Å². The van der Waals surface area contributed by atoms with E-state index in [1.165, 1.54) is 11.1 Å². The lowest BCUT2D eigenvalue weighted by Crippen LogP contribution is -2.28. The zero-order chi connectivity index (χ0) is 14.1. The van der Waals surface area contributed by atoms with E-state index >= 15 is 0 Å². The molecule has 0 aliphatic carbocycles. The SMILES string of the molecule is CN1C([S-])C(c2ccccc2)N(C)C1c1ccccc1. The van der Waals surface area contributed by atoms with Crippen LogP contribution in [0.1, 0.15) is 23.3 Å². The van der Waals surface area contributed by atoms with E-state index < -0.39 is 0 Å². The fourth-order valence-electron chi connectivity index (χ4n) is 3.15. The molecule has 3 heteroatoms. The minimum atomic E-state index is 0.0765. The molecular formula is C17H19N2S-. The second-order valence-electron chi connectivity index (χ2n) is 5.36. The molecule has 20 heavy (non-hydrogen) atoms. The van der Waals surface area contributed by atoms with Crippen molar-refractivity contribution in [2.75, 3.05) is 14.1 Å². The predicted octanol–water partition coefficient (Wildman–Crippen LogP) is 3.18. The van der Waals surface area contributed by atoms with Crippen molar-refractivity contribution in [1.29, 1.82) is 0 Å². The Labute approximate surface area is 126 Å². The van der Waals surface area contributed by atoms with Crippen molar-refractivity contribution >= 4 is 12.6 Å². The summed E-state index contributed by atoms with van der Waals surface area (Å²) in [5.74, 6) is 0. The Balaban J connectivity index is 1.96. The van der Waals surface area contributed by atoms with Crippen LogP contribution in [-0.2, 0) is 12.6 Å². The zero-order valence-corrected chi connectivity index (χ0v) is 12.6. The molecule has 104 valence electrons. The normalized spacial score (nSPS) is 27.9. The molecule has 1 heterocycles. The van der Waals surface area contributed by atoms with Crippen LogP contribution in [0.25, 0.3) is 0 Å². The summed E-state index contributed by atoms with van der Waals surface area (Å²) < 4.78 is 0. The highest BCUT2D eigenvalue weighted by atomic mass is 32.1. The summed E-state index contributed by atoms with van der Waals surface area (Å²) in [7, 11) is 4.28. The molecule has 0 N–H and O–H groups in total. The number of benzene rings is 2. The first kappa shape index (κ1) is 13.7. The van der Waals surface area contributed by atoms with E-state index in [0.29, 0.717) is 0 Å². The minimum absolute atomic E-state index is 0.0765. The van der Waals surface area contributed by atoms with Gasteiger partial charge < -0.3 is 17.5 Å². The Bertz CT molecular complexity index is 506. The molecule has 2 aromatic carbocycles. The molecule has 0 spiro atoms. The lowest BCUT2D eigenvalue weighted by molar-refractivity contribution is 0.170. The molecule has 1 aliphatic heterocycles. The molecule has 0 saturated carbocycles. The molecule has 3 unspecified atom stereocenters. The maximum Gasteiger partial charge on any atom is 0.0871 e. The zero-order valence-electron chi connectivity index (χ0n) is 11.8. The van der Waals surface area contributed by atoms with Gasteiger partial charge in [0.2, 0.25) is 0 Å². The van der Waals surface area contributed by atoms with Crippen LogP contribution in [-0.4, -0.2) is 29.3 Å². The van der Waals surface area contributed by atoms with Crippen molar-refractivity contribution in [2.45, 2.75) is 17.6 Å². The Hall–Kier alpha value is -1.29. The van der Waals surface area contributed by atoms with E-state index in [-0.39, 0.29) is 17.6 Å². The summed E-state index contributed by atoms with van der Waals surface area (Å²) in [5.41, 5.74) is 2.59. The average Bonchev–Trinajstić information content (AvgIpc) is 2.71. The first-order chi connectivity index (χ1) is 9.70. The van der Waals surface area contributed by atoms with Crippen molar-refractivity contribution in [1.82, 2.24) is 9.80 Å². The van der Waals surface area contributed by atoms with Gasteiger partial charge in [-0.1, -0.05) is 66.0 Å². The largest absolute Gasteiger partial charge is 0.772 e. The molecule has 3 atom stereocenters. The van der Waals surface area contributed by atoms with Crippen molar-refractivity contribution in [3.05, 3.63) is 71.8 Å². The van der Waals surface area contributed by atoms with Crippen LogP contribution in [0.4, 0.5) is 0 Å². The monoisotopic (exact) mass is 283 g/mol. The minimum Gasteiger partial charge on any atom is -0.772 e. The molecule has 2 aromatic rings. The quantitative estimate of drug-likeness (QED) is 0.782. The van der Waals surface area contributed by atoms with Gasteiger partial charge in [0.1, 0.15) is 0 Å². The molecule has 2 nitrogen and oxygen atoms in total. The van der Waals surface area contributed by atoms with Crippen molar-refractivity contribution < 1.29 is 0 Å². The first-order valence-electron chi connectivity index (χ1n) is 6.89. The Morgan fingerprint density at radius 2 is 1.25 bits per heavy atom. The van der Waals surface area contributed by atoms with Crippen LogP contribution in [0, 0.1) is 0 Å². The summed E-state index contributed by atoms with van der Waals surface area (Å²) in [6.45, 7) is 0. The van der Waals surface area contributed by atoms with Gasteiger partial charge in [-0.05, 0) is 25.2 Å². The van der Waals surface area contributed by atoms with Gasteiger partial charge in [-0.3, -0.25) is 4.90 Å². The van der Waals surface area contributed by atoms with Crippen molar-refractivity contribution in [3.63, 3.8) is 0 Å². The third-order valence-corrected chi connectivity index (χ3v) is 4.71. The van der Waals surface area contributed by atoms with E-state index in [9.17, 15) is 0 Å². The highest BCUT2D eigenvalue weighted by Crippen LogP contribution is 2.42. The summed E-state index contributed by atoms with van der Waals surface area (Å²) in [6.07, 6.45) is 0.240. The molecule has 1 aliphatic rings. The van der Waals surface area contributed by atoms with Gasteiger partial charge in [0.05, 0.1) is 6.17 Å². The number of nitrogens with zero attached hydrogens (tertiary/aromatic N) is 2. The van der Waals surface area contributed by atoms with Crippen LogP contribution in [0.3, 0.4) is 0 Å². The Kier molecular flexibility index (Phi) is 3.83. The second-order valence-corrected chi connectivity index (χ2v) is 5.84. The number of rotatable bonds is 2. The van der Waals surface area contributed by atoms with Crippen LogP contribution in [0.15, 0.2) is 60.7 Å². The number of hydrogen-bond donors (Lipinski definition) is 0. The van der Waals surface area contributed by atoms with Gasteiger partial charge in [-0.15, -0.1) is 0 Å². The second kappa shape index (κ2) is 5.60. The first-order valence-corrected chi connectivity index (χ1v) is 7.37. The summed E-state index contributed by atoms with van der Waals surface area (Å²) >= 11 is 5.77. The van der Waals surface area contributed by atoms with Crippen LogP contribution in [0.5, 0.6) is 0 Å². The molecule has 1 fully saturated rings. The topological polar surface area (TPSA) is 6.48 Å². The Morgan fingerprint density at radius 1 is 0.750 bits per heavy atom. The maximum atomic E-state index is 5.77. The van der Waals surface area contributed by atoms with Gasteiger partial charge >= 0.3 is 0 Å². The van der Waals surface area contributed by atoms with Crippen LogP contribution in [0.2, 0.25) is 0 Å². The number of likely N-dealkylation sites (N-methyl/N-ethyl adjacent to an activating group) is 2. The average molecular weight is 283 g/mol. The molecule has 0 bridgehead atoms.